The van der Waals surface area contributed by atoms with Crippen molar-refractivity contribution in [3.8, 4) is 0 Å². The van der Waals surface area contributed by atoms with Gasteiger partial charge >= 0.3 is 6.18 Å². The highest BCUT2D eigenvalue weighted by atomic mass is 19.4. The number of methoxy groups -OCH3 is 1. The molecule has 0 spiro atoms. The van der Waals surface area contributed by atoms with Crippen molar-refractivity contribution < 1.29 is 22.7 Å². The second kappa shape index (κ2) is 11.5. The van der Waals surface area contributed by atoms with Crippen LogP contribution >= 0.6 is 0 Å². The molecule has 3 aromatic rings. The third kappa shape index (κ3) is 6.30. The Kier molecular flexibility index (Phi) is 7.88. The maximum absolute atomic E-state index is 13.4. The largest absolute Gasteiger partial charge is 0.496 e. The minimum atomic E-state index is -4.60. The van der Waals surface area contributed by atoms with Crippen molar-refractivity contribution in [3.63, 3.8) is 0 Å². The first-order chi connectivity index (χ1) is 19.6. The molecule has 2 aliphatic rings. The van der Waals surface area contributed by atoms with Gasteiger partial charge in [0.05, 0.1) is 24.5 Å². The zero-order valence-electron chi connectivity index (χ0n) is 22.8. The van der Waals surface area contributed by atoms with E-state index >= 15 is 0 Å². The Labute approximate surface area is 234 Å². The molecule has 1 aliphatic heterocycles. The van der Waals surface area contributed by atoms with Gasteiger partial charge in [0.1, 0.15) is 23.1 Å². The Bertz CT molecular complexity index is 1560. The number of rotatable bonds is 6. The average molecular weight is 567 g/mol. The molecule has 0 bridgehead atoms. The SMILES string of the molecule is COC1=CCC=C(C(F)(F)F)C=C1C(=O)Nc1ccc(C)c(Nc2ncnc3cnc(N4CCN(C)CC4)nc23)c1. The van der Waals surface area contributed by atoms with E-state index in [1.54, 1.807) is 24.4 Å². The highest BCUT2D eigenvalue weighted by Gasteiger charge is 2.34. The van der Waals surface area contributed by atoms with Crippen LogP contribution in [-0.2, 0) is 9.53 Å². The fourth-order valence-electron chi connectivity index (χ4n) is 4.51. The van der Waals surface area contributed by atoms with Gasteiger partial charge in [-0.2, -0.15) is 13.2 Å². The molecule has 214 valence electrons. The zero-order valence-corrected chi connectivity index (χ0v) is 22.8. The molecule has 0 atom stereocenters. The number of halogens is 3. The van der Waals surface area contributed by atoms with E-state index < -0.39 is 17.7 Å². The number of ether oxygens (including phenoxy) is 1. The number of nitrogens with one attached hydrogen (secondary N) is 2. The fourth-order valence-corrected chi connectivity index (χ4v) is 4.51. The second-order valence-corrected chi connectivity index (χ2v) is 9.75. The third-order valence-corrected chi connectivity index (χ3v) is 6.90. The van der Waals surface area contributed by atoms with E-state index in [4.69, 9.17) is 9.72 Å². The van der Waals surface area contributed by atoms with Crippen molar-refractivity contribution in [1.29, 1.82) is 0 Å². The van der Waals surface area contributed by atoms with Gasteiger partial charge in [0.2, 0.25) is 5.95 Å². The number of carbonyl (C=O) groups excluding carboxylic acids is 1. The molecule has 2 N–H and O–H groups in total. The minimum absolute atomic E-state index is 0.0170. The van der Waals surface area contributed by atoms with E-state index in [0.717, 1.165) is 43.9 Å². The van der Waals surface area contributed by atoms with E-state index in [2.05, 4.69) is 42.4 Å². The maximum atomic E-state index is 13.4. The number of anilines is 4. The summed E-state index contributed by atoms with van der Waals surface area (Å²) in [5.41, 5.74) is 1.80. The Morgan fingerprint density at radius 1 is 1.07 bits per heavy atom. The molecular formula is C28H29F3N8O2. The standard InChI is InChI=1S/C28H29F3N8O2/c1-17-7-8-19(35-26(40)20-13-18(28(29,30)31)5-4-6-23(20)41-3)14-21(17)36-25-24-22(33-16-34-25)15-32-27(37-24)39-11-9-38(2)10-12-39/h5-8,13-16H,4,9-12H2,1-3H3,(H,35,40)(H,33,34,36). The number of hydrogen-bond acceptors (Lipinski definition) is 9. The van der Waals surface area contributed by atoms with E-state index in [0.29, 0.717) is 34.2 Å². The molecular weight excluding hydrogens is 537 g/mol. The summed E-state index contributed by atoms with van der Waals surface area (Å²) in [6, 6.07) is 5.12. The molecule has 3 heterocycles. The van der Waals surface area contributed by atoms with Crippen LogP contribution in [0.2, 0.25) is 0 Å². The lowest BCUT2D eigenvalue weighted by molar-refractivity contribution is -0.112. The summed E-state index contributed by atoms with van der Waals surface area (Å²) in [7, 11) is 3.38. The summed E-state index contributed by atoms with van der Waals surface area (Å²) >= 11 is 0. The number of alkyl halides is 3. The highest BCUT2D eigenvalue weighted by molar-refractivity contribution is 6.07. The molecule has 1 fully saturated rings. The molecule has 1 aliphatic carbocycles. The lowest BCUT2D eigenvalue weighted by Crippen LogP contribution is -2.45. The molecule has 1 amide bonds. The second-order valence-electron chi connectivity index (χ2n) is 9.75. The number of amides is 1. The molecule has 0 saturated carbocycles. The molecule has 13 heteroatoms. The summed E-state index contributed by atoms with van der Waals surface area (Å²) < 4.78 is 45.5. The number of nitrogens with zero attached hydrogens (tertiary/aromatic N) is 6. The van der Waals surface area contributed by atoms with Gasteiger partial charge in [-0.15, -0.1) is 0 Å². The van der Waals surface area contributed by atoms with Gasteiger partial charge in [0, 0.05) is 37.6 Å². The van der Waals surface area contributed by atoms with Crippen molar-refractivity contribution in [3.05, 3.63) is 71.4 Å². The summed E-state index contributed by atoms with van der Waals surface area (Å²) in [4.78, 5) is 35.4. The Morgan fingerprint density at radius 2 is 1.85 bits per heavy atom. The van der Waals surface area contributed by atoms with Gasteiger partial charge in [-0.25, -0.2) is 19.9 Å². The number of likely N-dealkylation sites (N-methyl/N-ethyl adjacent to an activating group) is 1. The number of aryl methyl sites for hydroxylation is 1. The number of piperazine rings is 1. The average Bonchev–Trinajstić information content (AvgIpc) is 3.18. The number of carbonyl (C=O) groups is 1. The van der Waals surface area contributed by atoms with Crippen LogP contribution in [0.15, 0.2) is 65.9 Å². The number of fused-ring (bicyclic) bond motifs is 1. The molecule has 0 unspecified atom stereocenters. The quantitative estimate of drug-likeness (QED) is 0.446. The molecule has 1 aromatic carbocycles. The van der Waals surface area contributed by atoms with Crippen LogP contribution in [-0.4, -0.2) is 77.3 Å². The first-order valence-electron chi connectivity index (χ1n) is 13.0. The van der Waals surface area contributed by atoms with Crippen LogP contribution in [0.5, 0.6) is 0 Å². The predicted molar refractivity (Wildman–Crippen MR) is 150 cm³/mol. The number of aromatic nitrogens is 4. The number of allylic oxidation sites excluding steroid dienone is 4. The van der Waals surface area contributed by atoms with Crippen molar-refractivity contribution in [2.75, 3.05) is 55.9 Å². The van der Waals surface area contributed by atoms with E-state index in [-0.39, 0.29) is 17.8 Å². The van der Waals surface area contributed by atoms with Crippen molar-refractivity contribution in [1.82, 2.24) is 24.8 Å². The van der Waals surface area contributed by atoms with Crippen LogP contribution in [0, 0.1) is 6.92 Å². The van der Waals surface area contributed by atoms with E-state index in [9.17, 15) is 18.0 Å². The highest BCUT2D eigenvalue weighted by Crippen LogP contribution is 2.32. The molecule has 1 saturated heterocycles. The topological polar surface area (TPSA) is 108 Å². The van der Waals surface area contributed by atoms with Crippen molar-refractivity contribution in [2.24, 2.45) is 0 Å². The Hall–Kier alpha value is -4.52. The van der Waals surface area contributed by atoms with Gasteiger partial charge in [-0.3, -0.25) is 4.79 Å². The van der Waals surface area contributed by atoms with Gasteiger partial charge in [-0.05, 0) is 50.2 Å². The maximum Gasteiger partial charge on any atom is 0.416 e. The van der Waals surface area contributed by atoms with Crippen LogP contribution < -0.4 is 15.5 Å². The lowest BCUT2D eigenvalue weighted by atomic mass is 10.1. The Morgan fingerprint density at radius 3 is 2.59 bits per heavy atom. The van der Waals surface area contributed by atoms with Crippen LogP contribution in [0.25, 0.3) is 11.0 Å². The Balaban J connectivity index is 1.41. The van der Waals surface area contributed by atoms with Crippen LogP contribution in [0.4, 0.5) is 36.3 Å². The summed E-state index contributed by atoms with van der Waals surface area (Å²) in [6.45, 7) is 5.29. The monoisotopic (exact) mass is 566 g/mol. The van der Waals surface area contributed by atoms with Gasteiger partial charge < -0.3 is 25.2 Å². The smallest absolute Gasteiger partial charge is 0.416 e. The summed E-state index contributed by atoms with van der Waals surface area (Å²) in [5.74, 6) is 0.372. The third-order valence-electron chi connectivity index (χ3n) is 6.90. The summed E-state index contributed by atoms with van der Waals surface area (Å²) in [6.07, 6.45) is 1.71. The van der Waals surface area contributed by atoms with E-state index in [1.165, 1.54) is 19.5 Å². The first kappa shape index (κ1) is 28.0. The minimum Gasteiger partial charge on any atom is -0.496 e. The van der Waals surface area contributed by atoms with Gasteiger partial charge in [0.25, 0.3) is 5.91 Å². The van der Waals surface area contributed by atoms with Crippen molar-refractivity contribution >= 4 is 40.1 Å². The van der Waals surface area contributed by atoms with Crippen molar-refractivity contribution in [2.45, 2.75) is 19.5 Å². The molecule has 41 heavy (non-hydrogen) atoms. The van der Waals surface area contributed by atoms with Gasteiger partial charge in [-0.1, -0.05) is 12.1 Å². The molecule has 10 nitrogen and oxygen atoms in total. The van der Waals surface area contributed by atoms with Crippen LogP contribution in [0.3, 0.4) is 0 Å². The first-order valence-corrected chi connectivity index (χ1v) is 13.0. The van der Waals surface area contributed by atoms with Gasteiger partial charge in [0.15, 0.2) is 5.82 Å². The number of benzene rings is 1. The summed E-state index contributed by atoms with van der Waals surface area (Å²) in [5, 5.41) is 5.96. The van der Waals surface area contributed by atoms with E-state index in [1.807, 2.05) is 6.92 Å². The fraction of sp³-hybridized carbons (Fsp3) is 0.321. The molecule has 2 aromatic heterocycles. The normalized spacial score (nSPS) is 16.4. The predicted octanol–water partition coefficient (Wildman–Crippen LogP) is 4.51. The molecule has 0 radical (unpaired) electrons. The molecule has 5 rings (SSSR count). The zero-order chi connectivity index (χ0) is 29.1. The number of hydrogen-bond donors (Lipinski definition) is 2. The lowest BCUT2D eigenvalue weighted by Gasteiger charge is -2.32. The van der Waals surface area contributed by atoms with Crippen LogP contribution in [0.1, 0.15) is 12.0 Å².